The summed E-state index contributed by atoms with van der Waals surface area (Å²) in [4.78, 5) is 0. The molecule has 3 heteroatoms. The van der Waals surface area contributed by atoms with Crippen molar-refractivity contribution in [3.8, 4) is 0 Å². The lowest BCUT2D eigenvalue weighted by molar-refractivity contribution is -0.00390. The van der Waals surface area contributed by atoms with Crippen molar-refractivity contribution in [2.24, 2.45) is 0 Å². The Morgan fingerprint density at radius 3 is 2.72 bits per heavy atom. The molecule has 0 saturated carbocycles. The summed E-state index contributed by atoms with van der Waals surface area (Å²) in [6.07, 6.45) is 2.85. The Hall–Kier alpha value is -0.570. The molecule has 18 heavy (non-hydrogen) atoms. The van der Waals surface area contributed by atoms with Crippen molar-refractivity contribution in [3.05, 3.63) is 34.9 Å². The normalized spacial score (nSPS) is 31.9. The second-order valence-electron chi connectivity index (χ2n) is 6.04. The quantitative estimate of drug-likeness (QED) is 0.817. The van der Waals surface area contributed by atoms with Crippen molar-refractivity contribution in [3.63, 3.8) is 0 Å². The number of aliphatic hydroxyl groups is 1. The van der Waals surface area contributed by atoms with Gasteiger partial charge in [-0.15, -0.1) is 0 Å². The van der Waals surface area contributed by atoms with E-state index in [4.69, 9.17) is 11.6 Å². The van der Waals surface area contributed by atoms with Crippen molar-refractivity contribution < 1.29 is 5.11 Å². The first-order chi connectivity index (χ1) is 8.33. The van der Waals surface area contributed by atoms with Crippen LogP contribution in [0.4, 0.5) is 0 Å². The van der Waals surface area contributed by atoms with Crippen molar-refractivity contribution in [1.29, 1.82) is 0 Å². The van der Waals surface area contributed by atoms with Crippen LogP contribution in [0, 0.1) is 0 Å². The molecule has 100 valence electrons. The molecule has 2 unspecified atom stereocenters. The van der Waals surface area contributed by atoms with E-state index in [1.807, 2.05) is 31.2 Å². The second kappa shape index (κ2) is 4.84. The second-order valence-corrected chi connectivity index (χ2v) is 6.47. The third-order valence-electron chi connectivity index (χ3n) is 4.01. The minimum atomic E-state index is -0.835. The standard InChI is InChI=1S/C15H22ClNO/c1-11-15(18,9-5-8-14(2,3)17-11)12-6-4-7-13(16)10-12/h4,6-7,10-11,17-18H,5,8-9H2,1-3H3. The predicted molar refractivity (Wildman–Crippen MR) is 75.9 cm³/mol. The van der Waals surface area contributed by atoms with Gasteiger partial charge in [0.2, 0.25) is 0 Å². The van der Waals surface area contributed by atoms with Gasteiger partial charge in [0.15, 0.2) is 0 Å². The van der Waals surface area contributed by atoms with Crippen molar-refractivity contribution >= 4 is 11.6 Å². The SMILES string of the molecule is CC1NC(C)(C)CCCC1(O)c1cccc(Cl)c1. The number of halogens is 1. The lowest BCUT2D eigenvalue weighted by Crippen LogP contribution is -2.52. The van der Waals surface area contributed by atoms with Gasteiger partial charge in [0.1, 0.15) is 5.60 Å². The summed E-state index contributed by atoms with van der Waals surface area (Å²) in [5, 5.41) is 15.2. The van der Waals surface area contributed by atoms with Crippen LogP contribution >= 0.6 is 11.6 Å². The van der Waals surface area contributed by atoms with E-state index in [0.717, 1.165) is 24.8 Å². The molecule has 1 aromatic rings. The molecule has 2 nitrogen and oxygen atoms in total. The fourth-order valence-corrected chi connectivity index (χ4v) is 3.14. The maximum atomic E-state index is 11.0. The summed E-state index contributed by atoms with van der Waals surface area (Å²) >= 11 is 6.04. The molecule has 0 bridgehead atoms. The Kier molecular flexibility index (Phi) is 3.72. The van der Waals surface area contributed by atoms with Crippen molar-refractivity contribution in [2.75, 3.05) is 0 Å². The third kappa shape index (κ3) is 2.71. The maximum Gasteiger partial charge on any atom is 0.105 e. The van der Waals surface area contributed by atoms with Gasteiger partial charge in [0, 0.05) is 16.6 Å². The van der Waals surface area contributed by atoms with E-state index in [1.54, 1.807) is 0 Å². The maximum absolute atomic E-state index is 11.0. The molecule has 1 aliphatic heterocycles. The Morgan fingerprint density at radius 2 is 2.06 bits per heavy atom. The van der Waals surface area contributed by atoms with E-state index >= 15 is 0 Å². The van der Waals surface area contributed by atoms with Gasteiger partial charge in [0.25, 0.3) is 0 Å². The third-order valence-corrected chi connectivity index (χ3v) is 4.24. The largest absolute Gasteiger partial charge is 0.384 e. The van der Waals surface area contributed by atoms with Gasteiger partial charge in [0.05, 0.1) is 0 Å². The van der Waals surface area contributed by atoms with Crippen LogP contribution in [0.5, 0.6) is 0 Å². The molecule has 1 saturated heterocycles. The van der Waals surface area contributed by atoms with Gasteiger partial charge in [-0.25, -0.2) is 0 Å². The number of hydrogen-bond acceptors (Lipinski definition) is 2. The molecule has 1 heterocycles. The zero-order chi connectivity index (χ0) is 13.4. The van der Waals surface area contributed by atoms with E-state index in [0.29, 0.717) is 5.02 Å². The minimum Gasteiger partial charge on any atom is -0.384 e. The molecule has 1 aromatic carbocycles. The Labute approximate surface area is 114 Å². The van der Waals surface area contributed by atoms with E-state index in [9.17, 15) is 5.11 Å². The lowest BCUT2D eigenvalue weighted by atomic mass is 9.84. The van der Waals surface area contributed by atoms with Gasteiger partial charge in [-0.3, -0.25) is 0 Å². The summed E-state index contributed by atoms with van der Waals surface area (Å²) < 4.78 is 0. The number of hydrogen-bond donors (Lipinski definition) is 2. The highest BCUT2D eigenvalue weighted by atomic mass is 35.5. The molecule has 0 aliphatic carbocycles. The average molecular weight is 268 g/mol. The van der Waals surface area contributed by atoms with Crippen LogP contribution in [0.1, 0.15) is 45.6 Å². The number of nitrogens with one attached hydrogen (secondary N) is 1. The van der Waals surface area contributed by atoms with Gasteiger partial charge in [-0.1, -0.05) is 23.7 Å². The fraction of sp³-hybridized carbons (Fsp3) is 0.600. The van der Waals surface area contributed by atoms with Crippen LogP contribution in [-0.2, 0) is 5.60 Å². The summed E-state index contributed by atoms with van der Waals surface area (Å²) in [5.74, 6) is 0. The summed E-state index contributed by atoms with van der Waals surface area (Å²) in [6.45, 7) is 6.42. The topological polar surface area (TPSA) is 32.3 Å². The van der Waals surface area contributed by atoms with Crippen LogP contribution in [0.25, 0.3) is 0 Å². The molecular weight excluding hydrogens is 246 g/mol. The average Bonchev–Trinajstić information content (AvgIpc) is 2.37. The van der Waals surface area contributed by atoms with E-state index in [2.05, 4.69) is 19.2 Å². The monoisotopic (exact) mass is 267 g/mol. The molecule has 2 atom stereocenters. The van der Waals surface area contributed by atoms with Crippen molar-refractivity contribution in [2.45, 2.75) is 57.2 Å². The van der Waals surface area contributed by atoms with Gasteiger partial charge < -0.3 is 10.4 Å². The predicted octanol–water partition coefficient (Wildman–Crippen LogP) is 3.47. The minimum absolute atomic E-state index is 0.00784. The zero-order valence-electron chi connectivity index (χ0n) is 11.3. The summed E-state index contributed by atoms with van der Waals surface area (Å²) in [7, 11) is 0. The Morgan fingerprint density at radius 1 is 1.33 bits per heavy atom. The molecular formula is C15H22ClNO. The highest BCUT2D eigenvalue weighted by Crippen LogP contribution is 2.36. The van der Waals surface area contributed by atoms with Gasteiger partial charge in [-0.2, -0.15) is 0 Å². The van der Waals surface area contributed by atoms with Crippen LogP contribution in [0.2, 0.25) is 5.02 Å². The van der Waals surface area contributed by atoms with E-state index in [1.165, 1.54) is 0 Å². The molecule has 0 aromatic heterocycles. The van der Waals surface area contributed by atoms with E-state index in [-0.39, 0.29) is 11.6 Å². The van der Waals surface area contributed by atoms with Gasteiger partial charge in [-0.05, 0) is 57.7 Å². The number of rotatable bonds is 1. The molecule has 2 N–H and O–H groups in total. The van der Waals surface area contributed by atoms with Gasteiger partial charge >= 0.3 is 0 Å². The summed E-state index contributed by atoms with van der Waals surface area (Å²) in [5.41, 5.74) is 0.147. The number of benzene rings is 1. The fourth-order valence-electron chi connectivity index (χ4n) is 2.95. The molecule has 2 rings (SSSR count). The first-order valence-electron chi connectivity index (χ1n) is 6.60. The molecule has 0 spiro atoms. The first-order valence-corrected chi connectivity index (χ1v) is 6.97. The Bertz CT molecular complexity index is 432. The highest BCUT2D eigenvalue weighted by Gasteiger charge is 2.40. The van der Waals surface area contributed by atoms with Crippen molar-refractivity contribution in [1.82, 2.24) is 5.32 Å². The zero-order valence-corrected chi connectivity index (χ0v) is 12.1. The van der Waals surface area contributed by atoms with Crippen LogP contribution in [0.15, 0.2) is 24.3 Å². The molecule has 0 amide bonds. The molecule has 0 radical (unpaired) electrons. The smallest absolute Gasteiger partial charge is 0.105 e. The first kappa shape index (κ1) is 13.9. The molecule has 1 aliphatic rings. The van der Waals surface area contributed by atoms with Crippen LogP contribution in [0.3, 0.4) is 0 Å². The van der Waals surface area contributed by atoms with Crippen LogP contribution in [-0.4, -0.2) is 16.7 Å². The van der Waals surface area contributed by atoms with Crippen LogP contribution < -0.4 is 5.32 Å². The van der Waals surface area contributed by atoms with E-state index < -0.39 is 5.60 Å². The Balaban J connectivity index is 2.34. The highest BCUT2D eigenvalue weighted by molar-refractivity contribution is 6.30. The lowest BCUT2D eigenvalue weighted by Gasteiger charge is -2.36. The summed E-state index contributed by atoms with van der Waals surface area (Å²) in [6, 6.07) is 7.58. The molecule has 1 fully saturated rings.